The quantitative estimate of drug-likeness (QED) is 0.103. The first-order chi connectivity index (χ1) is 18.7. The highest BCUT2D eigenvalue weighted by molar-refractivity contribution is 6.84. The number of methoxy groups -OCH3 is 2. The van der Waals surface area contributed by atoms with Crippen LogP contribution < -0.4 is 9.47 Å². The third kappa shape index (κ3) is 10.9. The van der Waals surface area contributed by atoms with Gasteiger partial charge in [-0.3, -0.25) is 4.79 Å². The van der Waals surface area contributed by atoms with Gasteiger partial charge in [0.15, 0.2) is 25.6 Å². The molecule has 0 unspecified atom stereocenters. The Balaban J connectivity index is 2.13. The minimum atomic E-state index is -2.15. The molecule has 2 aromatic rings. The molecule has 2 atom stereocenters. The van der Waals surface area contributed by atoms with Crippen molar-refractivity contribution in [2.45, 2.75) is 90.2 Å². The monoisotopic (exact) mass is 584 g/mol. The molecule has 0 aliphatic rings. The molecule has 6 nitrogen and oxygen atoms in total. The van der Waals surface area contributed by atoms with E-state index in [4.69, 9.17) is 23.4 Å². The number of rotatable bonds is 14. The second-order valence-corrected chi connectivity index (χ2v) is 21.5. The fourth-order valence-corrected chi connectivity index (χ4v) is 7.02. The lowest BCUT2D eigenvalue weighted by atomic mass is 10.1. The Bertz CT molecular complexity index is 1150. The molecule has 0 spiro atoms. The van der Waals surface area contributed by atoms with Gasteiger partial charge < -0.3 is 23.4 Å². The number of ether oxygens (including phenoxy) is 4. The highest BCUT2D eigenvalue weighted by atomic mass is 28.4. The SMILES string of the molecule is COc1ccc(COCO[C@H](C[C@H](C#C[Si](C)(C)Cc2ccccc2)O[Si](C)(C)C(C)(C)C)C(C)=O)cc1OC. The summed E-state index contributed by atoms with van der Waals surface area (Å²) in [6.45, 7) is 17.4. The van der Waals surface area contributed by atoms with Crippen molar-refractivity contribution < 1.29 is 28.2 Å². The normalized spacial score (nSPS) is 13.7. The summed E-state index contributed by atoms with van der Waals surface area (Å²) in [4.78, 5) is 12.6. The van der Waals surface area contributed by atoms with Crippen LogP contribution >= 0.6 is 0 Å². The van der Waals surface area contributed by atoms with Crippen LogP contribution in [0.15, 0.2) is 48.5 Å². The number of hydrogen-bond acceptors (Lipinski definition) is 6. The van der Waals surface area contributed by atoms with Crippen molar-refractivity contribution in [1.82, 2.24) is 0 Å². The van der Waals surface area contributed by atoms with E-state index in [-0.39, 0.29) is 17.6 Å². The molecule has 0 bridgehead atoms. The van der Waals surface area contributed by atoms with Crippen molar-refractivity contribution in [3.63, 3.8) is 0 Å². The maximum atomic E-state index is 12.6. The van der Waals surface area contributed by atoms with E-state index in [1.807, 2.05) is 24.3 Å². The first-order valence-corrected chi connectivity index (χ1v) is 19.9. The van der Waals surface area contributed by atoms with Gasteiger partial charge in [-0.15, -0.1) is 5.54 Å². The van der Waals surface area contributed by atoms with Gasteiger partial charge in [-0.1, -0.05) is 76.2 Å². The standard InChI is InChI=1S/C32H48O6Si2/c1-25(33)30(37-24-36-22-27-16-17-29(34-5)31(20-27)35-6)21-28(38-40(9,10)32(2,3)4)18-19-39(7,8)23-26-14-12-11-13-15-26/h11-17,20,28,30H,21-24H2,1-10H3/t28-,30+/m0/s1. The van der Waals surface area contributed by atoms with Crippen LogP contribution in [-0.2, 0) is 31.3 Å². The van der Waals surface area contributed by atoms with Gasteiger partial charge in [0.25, 0.3) is 0 Å². The lowest BCUT2D eigenvalue weighted by molar-refractivity contribution is -0.144. The highest BCUT2D eigenvalue weighted by Gasteiger charge is 2.39. The molecule has 0 N–H and O–H groups in total. The van der Waals surface area contributed by atoms with E-state index in [0.717, 1.165) is 11.6 Å². The summed E-state index contributed by atoms with van der Waals surface area (Å²) in [6.07, 6.45) is -0.707. The van der Waals surface area contributed by atoms with Gasteiger partial charge in [-0.25, -0.2) is 0 Å². The summed E-state index contributed by atoms with van der Waals surface area (Å²) in [7, 11) is -0.835. The molecule has 0 aromatic heterocycles. The van der Waals surface area contributed by atoms with Crippen LogP contribution in [0.3, 0.4) is 0 Å². The van der Waals surface area contributed by atoms with E-state index in [9.17, 15) is 4.79 Å². The number of ketones is 1. The number of carbonyl (C=O) groups is 1. The zero-order valence-electron chi connectivity index (χ0n) is 26.1. The maximum absolute atomic E-state index is 12.6. The van der Waals surface area contributed by atoms with E-state index < -0.39 is 28.6 Å². The van der Waals surface area contributed by atoms with Gasteiger partial charge in [0, 0.05) is 6.42 Å². The van der Waals surface area contributed by atoms with Crippen LogP contribution in [-0.4, -0.2) is 55.4 Å². The van der Waals surface area contributed by atoms with Crippen LogP contribution in [0.4, 0.5) is 0 Å². The topological polar surface area (TPSA) is 63.2 Å². The molecule has 0 saturated carbocycles. The highest BCUT2D eigenvalue weighted by Crippen LogP contribution is 2.38. The molecule has 2 rings (SSSR count). The number of Topliss-reactive ketones (excluding diaryl/α,β-unsaturated/α-hetero) is 1. The number of benzene rings is 2. The average Bonchev–Trinajstić information content (AvgIpc) is 2.88. The lowest BCUT2D eigenvalue weighted by Gasteiger charge is -2.38. The van der Waals surface area contributed by atoms with E-state index in [0.29, 0.717) is 24.5 Å². The van der Waals surface area contributed by atoms with Crippen molar-refractivity contribution in [2.75, 3.05) is 21.0 Å². The van der Waals surface area contributed by atoms with Gasteiger partial charge in [0.2, 0.25) is 0 Å². The summed E-state index contributed by atoms with van der Waals surface area (Å²) in [5.74, 6) is 4.68. The Kier molecular flexibility index (Phi) is 12.7. The molecule has 0 amide bonds. The second kappa shape index (κ2) is 15.0. The van der Waals surface area contributed by atoms with Crippen molar-refractivity contribution in [2.24, 2.45) is 0 Å². The lowest BCUT2D eigenvalue weighted by Crippen LogP contribution is -2.45. The van der Waals surface area contributed by atoms with Gasteiger partial charge in [-0.05, 0) is 54.4 Å². The minimum absolute atomic E-state index is 0.0129. The Labute approximate surface area is 243 Å². The van der Waals surface area contributed by atoms with E-state index in [1.54, 1.807) is 21.1 Å². The van der Waals surface area contributed by atoms with Crippen molar-refractivity contribution in [1.29, 1.82) is 0 Å². The summed E-state index contributed by atoms with van der Waals surface area (Å²) in [5.41, 5.74) is 5.81. The van der Waals surface area contributed by atoms with Crippen molar-refractivity contribution in [3.05, 3.63) is 59.7 Å². The average molecular weight is 585 g/mol. The zero-order chi connectivity index (χ0) is 30.0. The molecular formula is C32H48O6Si2. The van der Waals surface area contributed by atoms with Gasteiger partial charge in [0.1, 0.15) is 27.1 Å². The van der Waals surface area contributed by atoms with Gasteiger partial charge in [0.05, 0.1) is 20.8 Å². The van der Waals surface area contributed by atoms with Crippen molar-refractivity contribution >= 4 is 22.2 Å². The fourth-order valence-electron chi connectivity index (χ4n) is 3.90. The third-order valence-electron chi connectivity index (χ3n) is 7.25. The minimum Gasteiger partial charge on any atom is -0.493 e. The molecular weight excluding hydrogens is 537 g/mol. The predicted molar refractivity (Wildman–Crippen MR) is 167 cm³/mol. The molecule has 220 valence electrons. The first-order valence-electron chi connectivity index (χ1n) is 13.8. The van der Waals surface area contributed by atoms with E-state index in [1.165, 1.54) is 5.56 Å². The predicted octanol–water partition coefficient (Wildman–Crippen LogP) is 6.97. The summed E-state index contributed by atoms with van der Waals surface area (Å²) < 4.78 is 29.1. The van der Waals surface area contributed by atoms with Crippen LogP contribution in [0.1, 0.15) is 45.2 Å². The summed E-state index contributed by atoms with van der Waals surface area (Å²) >= 11 is 0. The largest absolute Gasteiger partial charge is 0.493 e. The molecule has 0 aliphatic heterocycles. The molecule has 0 aliphatic carbocycles. The Morgan fingerprint density at radius 1 is 0.925 bits per heavy atom. The van der Waals surface area contributed by atoms with Gasteiger partial charge in [-0.2, -0.15) is 0 Å². The van der Waals surface area contributed by atoms with Crippen LogP contribution in [0.5, 0.6) is 11.5 Å². The molecule has 0 saturated heterocycles. The Morgan fingerprint density at radius 3 is 2.15 bits per heavy atom. The second-order valence-electron chi connectivity index (χ2n) is 12.3. The molecule has 40 heavy (non-hydrogen) atoms. The zero-order valence-corrected chi connectivity index (χ0v) is 28.1. The smallest absolute Gasteiger partial charge is 0.193 e. The van der Waals surface area contributed by atoms with Crippen LogP contribution in [0, 0.1) is 11.5 Å². The Hall–Kier alpha value is -2.42. The first kappa shape index (κ1) is 33.8. The Morgan fingerprint density at radius 2 is 1.57 bits per heavy atom. The molecule has 0 heterocycles. The molecule has 0 fully saturated rings. The number of carbonyl (C=O) groups excluding carboxylic acids is 1. The van der Waals surface area contributed by atoms with Crippen molar-refractivity contribution in [3.8, 4) is 23.0 Å². The molecule has 2 aromatic carbocycles. The number of hydrogen-bond donors (Lipinski definition) is 0. The maximum Gasteiger partial charge on any atom is 0.193 e. The summed E-state index contributed by atoms with van der Waals surface area (Å²) in [6, 6.07) is 17.0. The summed E-state index contributed by atoms with van der Waals surface area (Å²) in [5, 5.41) is 0.0129. The molecule has 8 heteroatoms. The van der Waals surface area contributed by atoms with Gasteiger partial charge >= 0.3 is 0 Å². The van der Waals surface area contributed by atoms with Crippen LogP contribution in [0.25, 0.3) is 0 Å². The van der Waals surface area contributed by atoms with E-state index in [2.05, 4.69) is 82.7 Å². The fraction of sp³-hybridized carbons (Fsp3) is 0.531. The van der Waals surface area contributed by atoms with E-state index >= 15 is 0 Å². The third-order valence-corrected chi connectivity index (χ3v) is 13.9. The van der Waals surface area contributed by atoms with Crippen LogP contribution in [0.2, 0.25) is 31.2 Å². The molecule has 0 radical (unpaired) electrons.